The minimum Gasteiger partial charge on any atom is -0.352 e. The van der Waals surface area contributed by atoms with Crippen LogP contribution in [0.2, 0.25) is 0 Å². The predicted molar refractivity (Wildman–Crippen MR) is 78.1 cm³/mol. The first-order valence-corrected chi connectivity index (χ1v) is 6.89. The number of carbonyl (C=O) groups excluding carboxylic acids is 1. The van der Waals surface area contributed by atoms with Gasteiger partial charge < -0.3 is 5.32 Å². The molecule has 1 heterocycles. The normalized spacial score (nSPS) is 10.5. The molecule has 4 nitrogen and oxygen atoms in total. The van der Waals surface area contributed by atoms with Gasteiger partial charge in [0.1, 0.15) is 0 Å². The zero-order valence-electron chi connectivity index (χ0n) is 11.0. The molecule has 2 rings (SSSR count). The monoisotopic (exact) mass is 321 g/mol. The maximum absolute atomic E-state index is 12.0. The van der Waals surface area contributed by atoms with Crippen LogP contribution in [0.3, 0.4) is 0 Å². The number of aromatic nitrogens is 2. The van der Waals surface area contributed by atoms with Gasteiger partial charge in [0.05, 0.1) is 11.3 Å². The summed E-state index contributed by atoms with van der Waals surface area (Å²) in [6.07, 6.45) is 2.63. The third-order valence-corrected chi connectivity index (χ3v) is 3.92. The standard InChI is InChI=1S/C14H16BrN3O/c1-10-4-3-5-12(13(10)15)14(19)16-8-6-11-7-9-18(2)17-11/h3-5,7,9H,6,8H2,1-2H3,(H,16,19). The Bertz CT molecular complexity index is 592. The van der Waals surface area contributed by atoms with Crippen molar-refractivity contribution in [2.75, 3.05) is 6.54 Å². The number of nitrogens with one attached hydrogen (secondary N) is 1. The number of halogens is 1. The van der Waals surface area contributed by atoms with Crippen LogP contribution in [0.5, 0.6) is 0 Å². The number of amides is 1. The molecule has 0 spiro atoms. The number of hydrogen-bond acceptors (Lipinski definition) is 2. The fourth-order valence-electron chi connectivity index (χ4n) is 1.82. The van der Waals surface area contributed by atoms with Crippen LogP contribution in [0.15, 0.2) is 34.9 Å². The van der Waals surface area contributed by atoms with Crippen LogP contribution in [-0.2, 0) is 13.5 Å². The second-order valence-electron chi connectivity index (χ2n) is 4.42. The number of aryl methyl sites for hydroxylation is 2. The van der Waals surface area contributed by atoms with Gasteiger partial charge >= 0.3 is 0 Å². The molecule has 100 valence electrons. The highest BCUT2D eigenvalue weighted by Gasteiger charge is 2.10. The minimum absolute atomic E-state index is 0.0634. The first kappa shape index (κ1) is 13.8. The van der Waals surface area contributed by atoms with E-state index in [0.29, 0.717) is 12.1 Å². The fraction of sp³-hybridized carbons (Fsp3) is 0.286. The van der Waals surface area contributed by atoms with Crippen molar-refractivity contribution in [3.8, 4) is 0 Å². The highest BCUT2D eigenvalue weighted by atomic mass is 79.9. The van der Waals surface area contributed by atoms with Crippen LogP contribution in [0.25, 0.3) is 0 Å². The molecule has 0 aliphatic rings. The largest absolute Gasteiger partial charge is 0.352 e. The lowest BCUT2D eigenvalue weighted by atomic mass is 10.1. The van der Waals surface area contributed by atoms with Crippen LogP contribution in [0.1, 0.15) is 21.6 Å². The topological polar surface area (TPSA) is 46.9 Å². The summed E-state index contributed by atoms with van der Waals surface area (Å²) < 4.78 is 2.61. The van der Waals surface area contributed by atoms with E-state index < -0.39 is 0 Å². The molecule has 0 atom stereocenters. The predicted octanol–water partition coefficient (Wildman–Crippen LogP) is 2.46. The average molecular weight is 322 g/mol. The molecule has 1 amide bonds. The molecular formula is C14H16BrN3O. The Balaban J connectivity index is 1.93. The average Bonchev–Trinajstić information content (AvgIpc) is 2.78. The Morgan fingerprint density at radius 1 is 1.42 bits per heavy atom. The van der Waals surface area contributed by atoms with E-state index in [9.17, 15) is 4.79 Å². The van der Waals surface area contributed by atoms with Gasteiger partial charge in [0, 0.05) is 30.7 Å². The molecular weight excluding hydrogens is 306 g/mol. The van der Waals surface area contributed by atoms with Gasteiger partial charge in [0.15, 0.2) is 0 Å². The van der Waals surface area contributed by atoms with Crippen LogP contribution < -0.4 is 5.32 Å². The van der Waals surface area contributed by atoms with E-state index in [4.69, 9.17) is 0 Å². The Labute approximate surface area is 120 Å². The van der Waals surface area contributed by atoms with Crippen molar-refractivity contribution in [2.45, 2.75) is 13.3 Å². The molecule has 1 aromatic carbocycles. The van der Waals surface area contributed by atoms with Crippen molar-refractivity contribution in [1.82, 2.24) is 15.1 Å². The fourth-order valence-corrected chi connectivity index (χ4v) is 2.26. The summed E-state index contributed by atoms with van der Waals surface area (Å²) in [5, 5.41) is 7.17. The quantitative estimate of drug-likeness (QED) is 0.940. The first-order valence-electron chi connectivity index (χ1n) is 6.10. The van der Waals surface area contributed by atoms with Gasteiger partial charge in [-0.2, -0.15) is 5.10 Å². The second-order valence-corrected chi connectivity index (χ2v) is 5.22. The summed E-state index contributed by atoms with van der Waals surface area (Å²) in [6, 6.07) is 7.62. The molecule has 0 saturated heterocycles. The minimum atomic E-state index is -0.0634. The molecule has 19 heavy (non-hydrogen) atoms. The van der Waals surface area contributed by atoms with Gasteiger partial charge in [0.25, 0.3) is 5.91 Å². The van der Waals surface area contributed by atoms with E-state index in [0.717, 1.165) is 22.2 Å². The number of nitrogens with zero attached hydrogens (tertiary/aromatic N) is 2. The van der Waals surface area contributed by atoms with Crippen LogP contribution in [0, 0.1) is 6.92 Å². The van der Waals surface area contributed by atoms with Gasteiger partial charge in [0.2, 0.25) is 0 Å². The number of carbonyl (C=O) groups is 1. The zero-order chi connectivity index (χ0) is 13.8. The lowest BCUT2D eigenvalue weighted by Gasteiger charge is -2.07. The number of rotatable bonds is 4. The second kappa shape index (κ2) is 6.02. The summed E-state index contributed by atoms with van der Waals surface area (Å²) >= 11 is 3.44. The van der Waals surface area contributed by atoms with Gasteiger partial charge in [-0.15, -0.1) is 0 Å². The highest BCUT2D eigenvalue weighted by Crippen LogP contribution is 2.20. The molecule has 5 heteroatoms. The number of benzene rings is 1. The van der Waals surface area contributed by atoms with Gasteiger partial charge in [-0.25, -0.2) is 0 Å². The maximum atomic E-state index is 12.0. The molecule has 0 saturated carbocycles. The third-order valence-electron chi connectivity index (χ3n) is 2.87. The molecule has 1 N–H and O–H groups in total. The first-order chi connectivity index (χ1) is 9.08. The van der Waals surface area contributed by atoms with E-state index in [-0.39, 0.29) is 5.91 Å². The molecule has 0 fully saturated rings. The van der Waals surface area contributed by atoms with E-state index in [1.54, 1.807) is 4.68 Å². The Kier molecular flexibility index (Phi) is 4.37. The smallest absolute Gasteiger partial charge is 0.252 e. The maximum Gasteiger partial charge on any atom is 0.252 e. The van der Waals surface area contributed by atoms with Gasteiger partial charge in [-0.1, -0.05) is 12.1 Å². The number of hydrogen-bond donors (Lipinski definition) is 1. The Morgan fingerprint density at radius 2 is 2.21 bits per heavy atom. The summed E-state index contributed by atoms with van der Waals surface area (Å²) in [7, 11) is 1.88. The summed E-state index contributed by atoms with van der Waals surface area (Å²) in [5.41, 5.74) is 2.70. The van der Waals surface area contributed by atoms with E-state index in [1.165, 1.54) is 0 Å². The lowest BCUT2D eigenvalue weighted by molar-refractivity contribution is 0.0953. The van der Waals surface area contributed by atoms with Crippen molar-refractivity contribution in [3.05, 3.63) is 51.8 Å². The summed E-state index contributed by atoms with van der Waals surface area (Å²) in [6.45, 7) is 2.55. The molecule has 0 unspecified atom stereocenters. The summed E-state index contributed by atoms with van der Waals surface area (Å²) in [4.78, 5) is 12.0. The van der Waals surface area contributed by atoms with Crippen molar-refractivity contribution in [2.24, 2.45) is 7.05 Å². The zero-order valence-corrected chi connectivity index (χ0v) is 12.6. The Hall–Kier alpha value is -1.62. The van der Waals surface area contributed by atoms with Crippen LogP contribution in [0.4, 0.5) is 0 Å². The Morgan fingerprint density at radius 3 is 2.89 bits per heavy atom. The van der Waals surface area contributed by atoms with E-state index in [2.05, 4.69) is 26.3 Å². The molecule has 0 bridgehead atoms. The van der Waals surface area contributed by atoms with Crippen molar-refractivity contribution in [1.29, 1.82) is 0 Å². The molecule has 0 aliphatic carbocycles. The van der Waals surface area contributed by atoms with Gasteiger partial charge in [-0.05, 0) is 40.5 Å². The molecule has 1 aromatic heterocycles. The van der Waals surface area contributed by atoms with Crippen molar-refractivity contribution >= 4 is 21.8 Å². The van der Waals surface area contributed by atoms with Crippen molar-refractivity contribution < 1.29 is 4.79 Å². The lowest BCUT2D eigenvalue weighted by Crippen LogP contribution is -2.26. The SMILES string of the molecule is Cc1cccc(C(=O)NCCc2ccn(C)n2)c1Br. The van der Waals surface area contributed by atoms with Crippen molar-refractivity contribution in [3.63, 3.8) is 0 Å². The molecule has 0 aliphatic heterocycles. The van der Waals surface area contributed by atoms with Gasteiger partial charge in [-0.3, -0.25) is 9.48 Å². The highest BCUT2D eigenvalue weighted by molar-refractivity contribution is 9.10. The summed E-state index contributed by atoms with van der Waals surface area (Å²) in [5.74, 6) is -0.0634. The van der Waals surface area contributed by atoms with Crippen LogP contribution >= 0.6 is 15.9 Å². The molecule has 0 radical (unpaired) electrons. The third kappa shape index (κ3) is 3.44. The molecule has 2 aromatic rings. The van der Waals surface area contributed by atoms with Crippen LogP contribution in [-0.4, -0.2) is 22.2 Å². The van der Waals surface area contributed by atoms with E-state index in [1.807, 2.05) is 44.4 Å². The van der Waals surface area contributed by atoms with E-state index >= 15 is 0 Å².